The fraction of sp³-hybridized carbons (Fsp3) is 0.375. The third-order valence-electron chi connectivity index (χ3n) is 1.46. The van der Waals surface area contributed by atoms with E-state index in [9.17, 15) is 0 Å². The van der Waals surface area contributed by atoms with Crippen molar-refractivity contribution in [3.63, 3.8) is 0 Å². The maximum Gasteiger partial charge on any atom is 0.0656 e. The summed E-state index contributed by atoms with van der Waals surface area (Å²) in [5.41, 5.74) is 6.75. The summed E-state index contributed by atoms with van der Waals surface area (Å²) < 4.78 is 4.91. The van der Waals surface area contributed by atoms with Gasteiger partial charge in [0.1, 0.15) is 0 Å². The molecule has 0 saturated heterocycles. The average molecular weight is 189 g/mol. The Morgan fingerprint density at radius 1 is 1.67 bits per heavy atom. The van der Waals surface area contributed by atoms with Gasteiger partial charge in [-0.25, -0.2) is 0 Å². The molecule has 0 amide bonds. The normalized spacial score (nSPS) is 11.8. The van der Waals surface area contributed by atoms with E-state index in [4.69, 9.17) is 10.5 Å². The minimum atomic E-state index is -0.0614. The van der Waals surface area contributed by atoms with Crippen LogP contribution in [0.25, 0.3) is 0 Å². The number of nitrogens with zero attached hydrogens (tertiary/aromatic N) is 1. The van der Waals surface area contributed by atoms with Crippen molar-refractivity contribution < 1.29 is 4.74 Å². The smallest absolute Gasteiger partial charge is 0.0656 e. The van der Waals surface area contributed by atoms with Gasteiger partial charge in [-0.2, -0.15) is 0 Å². The van der Waals surface area contributed by atoms with Gasteiger partial charge < -0.3 is 10.5 Å². The number of pyridine rings is 1. The number of hydrogen-bond donors (Lipinski definition) is 1. The van der Waals surface area contributed by atoms with Crippen LogP contribution in [-0.4, -0.2) is 18.7 Å². The molecule has 1 heterocycles. The van der Waals surface area contributed by atoms with Gasteiger partial charge in [0, 0.05) is 19.5 Å². The third kappa shape index (κ3) is 3.17. The summed E-state index contributed by atoms with van der Waals surface area (Å²) in [6.07, 6.45) is 3.48. The van der Waals surface area contributed by atoms with Crippen LogP contribution in [0.3, 0.4) is 0 Å². The molecular weight excluding hydrogens is 176 g/mol. The summed E-state index contributed by atoms with van der Waals surface area (Å²) in [5, 5.41) is 0. The van der Waals surface area contributed by atoms with E-state index in [2.05, 4.69) is 4.98 Å². The van der Waals surface area contributed by atoms with Crippen molar-refractivity contribution in [3.8, 4) is 0 Å². The molecule has 2 N–H and O–H groups in total. The van der Waals surface area contributed by atoms with Crippen LogP contribution in [0.4, 0.5) is 0 Å². The Labute approximate surface area is 78.4 Å². The van der Waals surface area contributed by atoms with E-state index in [1.165, 1.54) is 0 Å². The molecule has 4 heteroatoms. The number of hydrogen-bond acceptors (Lipinski definition) is 3. The Balaban J connectivity index is 0.00000121. The van der Waals surface area contributed by atoms with Crippen LogP contribution in [0.2, 0.25) is 0 Å². The number of methoxy groups -OCH3 is 1. The van der Waals surface area contributed by atoms with Gasteiger partial charge in [-0.15, -0.1) is 12.4 Å². The Hall–Kier alpha value is -0.640. The molecule has 68 valence electrons. The average Bonchev–Trinajstić information content (AvgIpc) is 2.07. The lowest BCUT2D eigenvalue weighted by Gasteiger charge is -2.08. The van der Waals surface area contributed by atoms with Crippen molar-refractivity contribution in [3.05, 3.63) is 30.1 Å². The fourth-order valence-corrected chi connectivity index (χ4v) is 0.871. The SMILES string of the molecule is COCC(N)c1cccnc1.Cl. The molecular formula is C8H13ClN2O. The van der Waals surface area contributed by atoms with Crippen LogP contribution in [0.5, 0.6) is 0 Å². The van der Waals surface area contributed by atoms with Gasteiger partial charge in [0.15, 0.2) is 0 Å². The molecule has 1 rings (SSSR count). The van der Waals surface area contributed by atoms with Crippen LogP contribution in [0.1, 0.15) is 11.6 Å². The Bertz CT molecular complexity index is 205. The van der Waals surface area contributed by atoms with E-state index in [0.717, 1.165) is 5.56 Å². The predicted octanol–water partition coefficient (Wildman–Crippen LogP) is 1.15. The highest BCUT2D eigenvalue weighted by Gasteiger charge is 2.03. The van der Waals surface area contributed by atoms with E-state index in [-0.39, 0.29) is 18.4 Å². The molecule has 0 saturated carbocycles. The second kappa shape index (κ2) is 5.94. The van der Waals surface area contributed by atoms with Crippen LogP contribution in [-0.2, 0) is 4.74 Å². The zero-order valence-corrected chi connectivity index (χ0v) is 7.75. The number of rotatable bonds is 3. The van der Waals surface area contributed by atoms with Gasteiger partial charge in [0.25, 0.3) is 0 Å². The third-order valence-corrected chi connectivity index (χ3v) is 1.46. The Morgan fingerprint density at radius 2 is 2.42 bits per heavy atom. The first-order valence-electron chi connectivity index (χ1n) is 3.49. The van der Waals surface area contributed by atoms with Crippen molar-refractivity contribution in [1.29, 1.82) is 0 Å². The largest absolute Gasteiger partial charge is 0.383 e. The van der Waals surface area contributed by atoms with Crippen molar-refractivity contribution in [2.45, 2.75) is 6.04 Å². The fourth-order valence-electron chi connectivity index (χ4n) is 0.871. The van der Waals surface area contributed by atoms with E-state index in [0.29, 0.717) is 6.61 Å². The molecule has 0 bridgehead atoms. The minimum Gasteiger partial charge on any atom is -0.383 e. The topological polar surface area (TPSA) is 48.1 Å². The van der Waals surface area contributed by atoms with Crippen LogP contribution < -0.4 is 5.73 Å². The zero-order chi connectivity index (χ0) is 8.10. The molecule has 0 aliphatic heterocycles. The van der Waals surface area contributed by atoms with Crippen LogP contribution in [0.15, 0.2) is 24.5 Å². The highest BCUT2D eigenvalue weighted by molar-refractivity contribution is 5.85. The van der Waals surface area contributed by atoms with Gasteiger partial charge in [-0.1, -0.05) is 6.07 Å². The zero-order valence-electron chi connectivity index (χ0n) is 6.93. The Kier molecular flexibility index (Phi) is 5.62. The molecule has 0 radical (unpaired) electrons. The second-order valence-electron chi connectivity index (χ2n) is 2.35. The van der Waals surface area contributed by atoms with Crippen molar-refractivity contribution in [2.24, 2.45) is 5.73 Å². The summed E-state index contributed by atoms with van der Waals surface area (Å²) >= 11 is 0. The lowest BCUT2D eigenvalue weighted by Crippen LogP contribution is -2.15. The summed E-state index contributed by atoms with van der Waals surface area (Å²) in [6.45, 7) is 0.533. The molecule has 3 nitrogen and oxygen atoms in total. The number of ether oxygens (including phenoxy) is 1. The lowest BCUT2D eigenvalue weighted by atomic mass is 10.1. The van der Waals surface area contributed by atoms with Gasteiger partial charge in [-0.05, 0) is 11.6 Å². The van der Waals surface area contributed by atoms with Gasteiger partial charge in [0.2, 0.25) is 0 Å². The standard InChI is InChI=1S/C8H12N2O.ClH/c1-11-6-8(9)7-3-2-4-10-5-7;/h2-5,8H,6,9H2,1H3;1H. The summed E-state index contributed by atoms with van der Waals surface area (Å²) in [4.78, 5) is 3.95. The monoisotopic (exact) mass is 188 g/mol. The molecule has 12 heavy (non-hydrogen) atoms. The first kappa shape index (κ1) is 11.4. The van der Waals surface area contributed by atoms with E-state index < -0.39 is 0 Å². The minimum absolute atomic E-state index is 0. The van der Waals surface area contributed by atoms with Gasteiger partial charge >= 0.3 is 0 Å². The molecule has 0 aliphatic carbocycles. The van der Waals surface area contributed by atoms with Crippen molar-refractivity contribution in [2.75, 3.05) is 13.7 Å². The molecule has 0 aromatic carbocycles. The first-order chi connectivity index (χ1) is 5.34. The lowest BCUT2D eigenvalue weighted by molar-refractivity contribution is 0.181. The van der Waals surface area contributed by atoms with E-state index >= 15 is 0 Å². The first-order valence-corrected chi connectivity index (χ1v) is 3.49. The maximum atomic E-state index is 5.74. The highest BCUT2D eigenvalue weighted by Crippen LogP contribution is 2.06. The van der Waals surface area contributed by atoms with Gasteiger partial charge in [0.05, 0.1) is 12.6 Å². The number of halogens is 1. The predicted molar refractivity (Wildman–Crippen MR) is 50.3 cm³/mol. The summed E-state index contributed by atoms with van der Waals surface area (Å²) in [7, 11) is 1.64. The quantitative estimate of drug-likeness (QED) is 0.774. The van der Waals surface area contributed by atoms with Gasteiger partial charge in [-0.3, -0.25) is 4.98 Å². The second-order valence-corrected chi connectivity index (χ2v) is 2.35. The molecule has 0 spiro atoms. The molecule has 1 unspecified atom stereocenters. The highest BCUT2D eigenvalue weighted by atomic mass is 35.5. The van der Waals surface area contributed by atoms with Crippen LogP contribution >= 0.6 is 12.4 Å². The Morgan fingerprint density at radius 3 is 2.92 bits per heavy atom. The molecule has 0 aliphatic rings. The number of aromatic nitrogens is 1. The molecule has 1 aromatic rings. The van der Waals surface area contributed by atoms with Crippen molar-refractivity contribution in [1.82, 2.24) is 4.98 Å². The maximum absolute atomic E-state index is 5.74. The van der Waals surface area contributed by atoms with Crippen molar-refractivity contribution >= 4 is 12.4 Å². The summed E-state index contributed by atoms with van der Waals surface area (Å²) in [5.74, 6) is 0. The van der Waals surface area contributed by atoms with E-state index in [1.54, 1.807) is 19.5 Å². The molecule has 1 atom stereocenters. The molecule has 0 fully saturated rings. The summed E-state index contributed by atoms with van der Waals surface area (Å²) in [6, 6.07) is 3.75. The van der Waals surface area contributed by atoms with E-state index in [1.807, 2.05) is 12.1 Å². The molecule has 1 aromatic heterocycles. The number of nitrogens with two attached hydrogens (primary N) is 1. The van der Waals surface area contributed by atoms with Crippen LogP contribution in [0, 0.1) is 0 Å².